The first-order valence-corrected chi connectivity index (χ1v) is 13.6. The third-order valence-corrected chi connectivity index (χ3v) is 10.1. The van der Waals surface area contributed by atoms with E-state index in [1.807, 2.05) is 30.3 Å². The van der Waals surface area contributed by atoms with Gasteiger partial charge < -0.3 is 5.32 Å². The second kappa shape index (κ2) is 6.80. The SMILES string of the molecule is CS(=O)(=O)C1(c2nsc(C(=O)NC34CC(c5ccnc(-c6ccc(Cl)cc6)n5)(C3)C4)n2)CC1. The third kappa shape index (κ3) is 3.22. The van der Waals surface area contributed by atoms with E-state index in [0.717, 1.165) is 42.1 Å². The second-order valence-corrected chi connectivity index (χ2v) is 13.0. The van der Waals surface area contributed by atoms with E-state index >= 15 is 0 Å². The van der Waals surface area contributed by atoms with E-state index in [1.54, 1.807) is 6.20 Å². The molecule has 0 saturated heterocycles. The molecule has 0 spiro atoms. The Hall–Kier alpha value is -2.43. The quantitative estimate of drug-likeness (QED) is 0.551. The zero-order valence-electron chi connectivity index (χ0n) is 17.7. The highest BCUT2D eigenvalue weighted by molar-refractivity contribution is 7.91. The van der Waals surface area contributed by atoms with Crippen molar-refractivity contribution in [3.8, 4) is 11.4 Å². The zero-order valence-corrected chi connectivity index (χ0v) is 20.1. The van der Waals surface area contributed by atoms with Gasteiger partial charge in [0.2, 0.25) is 5.01 Å². The van der Waals surface area contributed by atoms with Crippen LogP contribution in [0.4, 0.5) is 0 Å². The number of hydrogen-bond donors (Lipinski definition) is 1. The van der Waals surface area contributed by atoms with Gasteiger partial charge in [-0.1, -0.05) is 11.6 Å². The highest BCUT2D eigenvalue weighted by Crippen LogP contribution is 2.67. The Kier molecular flexibility index (Phi) is 4.35. The first-order valence-electron chi connectivity index (χ1n) is 10.6. The van der Waals surface area contributed by atoms with E-state index in [4.69, 9.17) is 16.6 Å². The minimum atomic E-state index is -3.31. The van der Waals surface area contributed by atoms with E-state index in [1.165, 1.54) is 6.26 Å². The molecule has 4 aliphatic carbocycles. The van der Waals surface area contributed by atoms with Gasteiger partial charge in [-0.15, -0.1) is 0 Å². The summed E-state index contributed by atoms with van der Waals surface area (Å²) in [6.45, 7) is 0. The Labute approximate surface area is 199 Å². The molecule has 4 aliphatic rings. The summed E-state index contributed by atoms with van der Waals surface area (Å²) in [7, 11) is -3.31. The number of hydrogen-bond acceptors (Lipinski definition) is 8. The number of nitrogens with one attached hydrogen (secondary N) is 1. The van der Waals surface area contributed by atoms with Gasteiger partial charge in [0, 0.05) is 34.0 Å². The highest BCUT2D eigenvalue weighted by Gasteiger charge is 2.70. The molecule has 1 aromatic carbocycles. The molecule has 0 atom stereocenters. The summed E-state index contributed by atoms with van der Waals surface area (Å²) in [4.78, 5) is 26.3. The van der Waals surface area contributed by atoms with Crippen molar-refractivity contribution in [1.29, 1.82) is 0 Å². The average molecular weight is 502 g/mol. The molecule has 2 heterocycles. The van der Waals surface area contributed by atoms with Gasteiger partial charge in [-0.25, -0.2) is 23.4 Å². The van der Waals surface area contributed by atoms with Crippen LogP contribution in [-0.2, 0) is 20.0 Å². The molecule has 33 heavy (non-hydrogen) atoms. The van der Waals surface area contributed by atoms with Gasteiger partial charge in [-0.3, -0.25) is 4.79 Å². The average Bonchev–Trinajstić information content (AvgIpc) is 3.41. The van der Waals surface area contributed by atoms with Crippen LogP contribution in [0.15, 0.2) is 36.5 Å². The minimum absolute atomic E-state index is 0.0436. The maximum atomic E-state index is 12.8. The van der Waals surface area contributed by atoms with Gasteiger partial charge in [0.25, 0.3) is 5.91 Å². The number of carbonyl (C=O) groups excluding carboxylic acids is 1. The molecule has 8 nitrogen and oxygen atoms in total. The van der Waals surface area contributed by atoms with Crippen molar-refractivity contribution in [3.63, 3.8) is 0 Å². The summed E-state index contributed by atoms with van der Waals surface area (Å²) < 4.78 is 27.4. The van der Waals surface area contributed by atoms with E-state index in [9.17, 15) is 13.2 Å². The van der Waals surface area contributed by atoms with Crippen LogP contribution in [0, 0.1) is 0 Å². The van der Waals surface area contributed by atoms with Crippen LogP contribution in [0.2, 0.25) is 5.02 Å². The molecule has 4 fully saturated rings. The number of aromatic nitrogens is 4. The monoisotopic (exact) mass is 501 g/mol. The van der Waals surface area contributed by atoms with Gasteiger partial charge in [-0.2, -0.15) is 4.37 Å². The summed E-state index contributed by atoms with van der Waals surface area (Å²) in [6.07, 6.45) is 6.41. The Morgan fingerprint density at radius 2 is 1.79 bits per heavy atom. The van der Waals surface area contributed by atoms with E-state index < -0.39 is 14.6 Å². The minimum Gasteiger partial charge on any atom is -0.344 e. The van der Waals surface area contributed by atoms with E-state index in [-0.39, 0.29) is 27.7 Å². The molecule has 0 aliphatic heterocycles. The topological polar surface area (TPSA) is 115 Å². The summed E-state index contributed by atoms with van der Waals surface area (Å²) in [5.41, 5.74) is 1.59. The first kappa shape index (κ1) is 21.1. The number of amides is 1. The van der Waals surface area contributed by atoms with Gasteiger partial charge in [0.05, 0.1) is 5.69 Å². The molecular weight excluding hydrogens is 482 g/mol. The van der Waals surface area contributed by atoms with Crippen LogP contribution in [0.3, 0.4) is 0 Å². The normalized spacial score (nSPS) is 26.7. The number of rotatable bonds is 6. The van der Waals surface area contributed by atoms with Crippen molar-refractivity contribution >= 4 is 38.9 Å². The van der Waals surface area contributed by atoms with E-state index in [0.29, 0.717) is 23.7 Å². The van der Waals surface area contributed by atoms with Gasteiger partial charge >= 0.3 is 0 Å². The molecule has 4 saturated carbocycles. The number of halogens is 1. The molecule has 170 valence electrons. The largest absolute Gasteiger partial charge is 0.344 e. The second-order valence-electron chi connectivity index (χ2n) is 9.51. The maximum Gasteiger partial charge on any atom is 0.282 e. The predicted molar refractivity (Wildman–Crippen MR) is 124 cm³/mol. The van der Waals surface area contributed by atoms with Crippen LogP contribution in [0.25, 0.3) is 11.4 Å². The summed E-state index contributed by atoms with van der Waals surface area (Å²) in [6, 6.07) is 9.38. The Morgan fingerprint density at radius 1 is 1.09 bits per heavy atom. The predicted octanol–water partition coefficient (Wildman–Crippen LogP) is 3.29. The number of sulfone groups is 1. The Balaban J connectivity index is 1.14. The smallest absolute Gasteiger partial charge is 0.282 e. The van der Waals surface area contributed by atoms with Crippen LogP contribution in [0.5, 0.6) is 0 Å². The lowest BCUT2D eigenvalue weighted by Crippen LogP contribution is -2.76. The number of benzene rings is 1. The van der Waals surface area contributed by atoms with Crippen molar-refractivity contribution in [2.45, 2.75) is 47.8 Å². The van der Waals surface area contributed by atoms with Gasteiger partial charge in [0.1, 0.15) is 4.75 Å². The molecule has 0 unspecified atom stereocenters. The summed E-state index contributed by atoms with van der Waals surface area (Å²) in [5, 5.41) is 3.99. The van der Waals surface area contributed by atoms with Crippen LogP contribution in [0.1, 0.15) is 53.4 Å². The Bertz CT molecular complexity index is 1380. The molecule has 7 rings (SSSR count). The molecule has 0 radical (unpaired) electrons. The Morgan fingerprint density at radius 3 is 2.42 bits per heavy atom. The van der Waals surface area contributed by atoms with Crippen LogP contribution in [-0.4, -0.2) is 45.4 Å². The highest BCUT2D eigenvalue weighted by atomic mass is 35.5. The fourth-order valence-electron chi connectivity index (χ4n) is 5.25. The van der Waals surface area contributed by atoms with E-state index in [2.05, 4.69) is 19.7 Å². The van der Waals surface area contributed by atoms with Crippen LogP contribution >= 0.6 is 23.1 Å². The summed E-state index contributed by atoms with van der Waals surface area (Å²) in [5.74, 6) is 0.624. The number of nitrogens with zero attached hydrogens (tertiary/aromatic N) is 4. The van der Waals surface area contributed by atoms with Crippen molar-refractivity contribution in [1.82, 2.24) is 24.6 Å². The zero-order chi connectivity index (χ0) is 23.1. The van der Waals surface area contributed by atoms with Crippen molar-refractivity contribution < 1.29 is 13.2 Å². The molecule has 3 aromatic rings. The molecule has 11 heteroatoms. The van der Waals surface area contributed by atoms with Crippen molar-refractivity contribution in [2.24, 2.45) is 0 Å². The molecule has 1 N–H and O–H groups in total. The van der Waals surface area contributed by atoms with Crippen molar-refractivity contribution in [2.75, 3.05) is 6.26 Å². The molecule has 2 bridgehead atoms. The lowest BCUT2D eigenvalue weighted by Gasteiger charge is -2.70. The first-order chi connectivity index (χ1) is 15.6. The molecular formula is C22H20ClN5O3S2. The summed E-state index contributed by atoms with van der Waals surface area (Å²) >= 11 is 6.94. The number of carbonyl (C=O) groups is 1. The van der Waals surface area contributed by atoms with Gasteiger partial charge in [-0.05, 0) is 74.0 Å². The molecule has 1 amide bonds. The van der Waals surface area contributed by atoms with Crippen molar-refractivity contribution in [3.05, 3.63) is 58.1 Å². The standard InChI is InChI=1S/C22H20ClN5O3S2/c1-33(30,31)22(7-8-22)19-26-18(32-28-19)17(29)27-21-10-20(11-21,12-21)15-6-9-24-16(25-15)13-2-4-14(23)5-3-13/h2-6,9H,7-8,10-12H2,1H3,(H,27,29). The molecule has 2 aromatic heterocycles. The van der Waals surface area contributed by atoms with Crippen LogP contribution < -0.4 is 5.32 Å². The fourth-order valence-corrected chi connectivity index (χ4v) is 7.35. The fraction of sp³-hybridized carbons (Fsp3) is 0.409. The van der Waals surface area contributed by atoms with Gasteiger partial charge in [0.15, 0.2) is 21.5 Å². The maximum absolute atomic E-state index is 12.8. The third-order valence-electron chi connectivity index (χ3n) is 7.15. The lowest BCUT2D eigenvalue weighted by molar-refractivity contribution is -0.0835. The lowest BCUT2D eigenvalue weighted by atomic mass is 9.38.